The van der Waals surface area contributed by atoms with Crippen LogP contribution in [0.5, 0.6) is 6.01 Å². The van der Waals surface area contributed by atoms with Crippen molar-refractivity contribution in [2.24, 2.45) is 0 Å². The fraction of sp³-hybridized carbons (Fsp3) is 0.700. The van der Waals surface area contributed by atoms with Crippen LogP contribution in [0.1, 0.15) is 27.7 Å². The second-order valence-electron chi connectivity index (χ2n) is 3.99. The van der Waals surface area contributed by atoms with Crippen LogP contribution in [-0.2, 0) is 0 Å². The molecule has 0 radical (unpaired) electrons. The monoisotopic (exact) mass is 258 g/mol. The maximum Gasteiger partial charge on any atom is 0.322 e. The number of nitrogens with zero attached hydrogens (tertiary/aromatic N) is 3. The molecule has 0 saturated heterocycles. The van der Waals surface area contributed by atoms with Crippen LogP contribution >= 0.6 is 11.8 Å². The van der Waals surface area contributed by atoms with Crippen LogP contribution in [0.15, 0.2) is 5.16 Å². The molecule has 2 unspecified atom stereocenters. The molecular weight excluding hydrogens is 240 g/mol. The lowest BCUT2D eigenvalue weighted by atomic mass is 10.3. The van der Waals surface area contributed by atoms with Crippen molar-refractivity contribution in [2.75, 3.05) is 5.73 Å². The number of anilines is 1. The Bertz CT molecular complexity index is 373. The minimum Gasteiger partial charge on any atom is -0.461 e. The number of aromatic nitrogens is 3. The quantitative estimate of drug-likeness (QED) is 0.764. The smallest absolute Gasteiger partial charge is 0.322 e. The maximum absolute atomic E-state index is 9.41. The number of ether oxygens (including phenoxy) is 1. The molecule has 0 spiro atoms. The SMILES string of the molecule is CC(C)Oc1nc(N)nc(SC(C)C(C)O)n1. The van der Waals surface area contributed by atoms with E-state index in [-0.39, 0.29) is 23.3 Å². The second kappa shape index (κ2) is 6.02. The zero-order valence-electron chi connectivity index (χ0n) is 10.4. The maximum atomic E-state index is 9.41. The van der Waals surface area contributed by atoms with Crippen LogP contribution < -0.4 is 10.5 Å². The van der Waals surface area contributed by atoms with Crippen LogP contribution in [0, 0.1) is 0 Å². The van der Waals surface area contributed by atoms with Crippen molar-refractivity contribution in [3.63, 3.8) is 0 Å². The van der Waals surface area contributed by atoms with E-state index >= 15 is 0 Å². The van der Waals surface area contributed by atoms with Crippen LogP contribution in [0.4, 0.5) is 5.95 Å². The molecule has 0 amide bonds. The molecule has 1 heterocycles. The largest absolute Gasteiger partial charge is 0.461 e. The predicted molar refractivity (Wildman–Crippen MR) is 67.0 cm³/mol. The van der Waals surface area contributed by atoms with Crippen LogP contribution in [0.2, 0.25) is 0 Å². The minimum absolute atomic E-state index is 0.0242. The van der Waals surface area contributed by atoms with E-state index < -0.39 is 6.10 Å². The third-order valence-corrected chi connectivity index (χ3v) is 3.08. The number of rotatable bonds is 5. The number of thioether (sulfide) groups is 1. The van der Waals surface area contributed by atoms with Gasteiger partial charge in [-0.1, -0.05) is 18.7 Å². The lowest BCUT2D eigenvalue weighted by molar-refractivity contribution is 0.196. The summed E-state index contributed by atoms with van der Waals surface area (Å²) in [4.78, 5) is 12.0. The normalized spacial score (nSPS) is 14.7. The summed E-state index contributed by atoms with van der Waals surface area (Å²) in [6, 6.07) is 0.216. The molecule has 0 aliphatic rings. The minimum atomic E-state index is -0.451. The van der Waals surface area contributed by atoms with Gasteiger partial charge in [0.25, 0.3) is 0 Å². The van der Waals surface area contributed by atoms with E-state index in [1.54, 1.807) is 6.92 Å². The third-order valence-electron chi connectivity index (χ3n) is 1.92. The fourth-order valence-corrected chi connectivity index (χ4v) is 1.74. The fourth-order valence-electron chi connectivity index (χ4n) is 0.934. The van der Waals surface area contributed by atoms with Gasteiger partial charge in [0.1, 0.15) is 0 Å². The van der Waals surface area contributed by atoms with Crippen molar-refractivity contribution in [2.45, 2.75) is 50.3 Å². The molecule has 3 N–H and O–H groups in total. The van der Waals surface area contributed by atoms with Crippen LogP contribution in [-0.4, -0.2) is 37.5 Å². The van der Waals surface area contributed by atoms with Crippen molar-refractivity contribution in [1.29, 1.82) is 0 Å². The third kappa shape index (κ3) is 4.74. The molecule has 96 valence electrons. The number of aliphatic hydroxyl groups is 1. The summed E-state index contributed by atoms with van der Waals surface area (Å²) < 4.78 is 5.36. The van der Waals surface area contributed by atoms with Gasteiger partial charge >= 0.3 is 6.01 Å². The highest BCUT2D eigenvalue weighted by Gasteiger charge is 2.14. The standard InChI is InChI=1S/C10H18N4O2S/c1-5(2)16-9-12-8(11)13-10(14-9)17-7(4)6(3)15/h5-7,15H,1-4H3,(H2,11,12,13,14). The molecule has 7 heteroatoms. The van der Waals surface area contributed by atoms with E-state index in [1.807, 2.05) is 20.8 Å². The first-order valence-corrected chi connectivity index (χ1v) is 6.29. The number of nitrogen functional groups attached to an aromatic ring is 1. The predicted octanol–water partition coefficient (Wildman–Crippen LogP) is 1.10. The Kier molecular flexibility index (Phi) is 4.95. The lowest BCUT2D eigenvalue weighted by Crippen LogP contribution is -2.16. The first-order chi connectivity index (χ1) is 7.88. The average Bonchev–Trinajstić information content (AvgIpc) is 2.14. The second-order valence-corrected chi connectivity index (χ2v) is 5.33. The first kappa shape index (κ1) is 14.0. The molecule has 1 aromatic rings. The summed E-state index contributed by atoms with van der Waals surface area (Å²) in [6.07, 6.45) is -0.476. The van der Waals surface area contributed by atoms with Crippen LogP contribution in [0.3, 0.4) is 0 Å². The van der Waals surface area contributed by atoms with E-state index in [0.717, 1.165) is 0 Å². The van der Waals surface area contributed by atoms with E-state index in [4.69, 9.17) is 10.5 Å². The van der Waals surface area contributed by atoms with Crippen molar-refractivity contribution in [3.8, 4) is 6.01 Å². The highest BCUT2D eigenvalue weighted by molar-refractivity contribution is 7.99. The van der Waals surface area contributed by atoms with Gasteiger partial charge in [-0.25, -0.2) is 0 Å². The van der Waals surface area contributed by atoms with Crippen molar-refractivity contribution >= 4 is 17.7 Å². The first-order valence-electron chi connectivity index (χ1n) is 5.41. The van der Waals surface area contributed by atoms with Gasteiger partial charge in [0.05, 0.1) is 12.2 Å². The molecule has 0 aliphatic heterocycles. The summed E-state index contributed by atoms with van der Waals surface area (Å²) in [7, 11) is 0. The Labute approximate surface area is 105 Å². The zero-order valence-corrected chi connectivity index (χ0v) is 11.2. The molecule has 1 rings (SSSR count). The van der Waals surface area contributed by atoms with Crippen molar-refractivity contribution in [3.05, 3.63) is 0 Å². The summed E-state index contributed by atoms with van der Waals surface area (Å²) >= 11 is 1.33. The van der Waals surface area contributed by atoms with Gasteiger partial charge < -0.3 is 15.6 Å². The number of aliphatic hydroxyl groups excluding tert-OH is 1. The molecule has 0 saturated carbocycles. The molecule has 6 nitrogen and oxygen atoms in total. The number of nitrogens with two attached hydrogens (primary N) is 1. The molecule has 2 atom stereocenters. The Morgan fingerprint density at radius 1 is 1.18 bits per heavy atom. The Morgan fingerprint density at radius 2 is 1.82 bits per heavy atom. The summed E-state index contributed by atoms with van der Waals surface area (Å²) in [5.74, 6) is 0.121. The highest BCUT2D eigenvalue weighted by atomic mass is 32.2. The van der Waals surface area contributed by atoms with Gasteiger partial charge in [0, 0.05) is 5.25 Å². The zero-order chi connectivity index (χ0) is 13.0. The molecule has 1 aromatic heterocycles. The number of hydrogen-bond acceptors (Lipinski definition) is 7. The Morgan fingerprint density at radius 3 is 2.35 bits per heavy atom. The van der Waals surface area contributed by atoms with Gasteiger partial charge in [0.15, 0.2) is 5.16 Å². The van der Waals surface area contributed by atoms with E-state index in [9.17, 15) is 5.11 Å². The van der Waals surface area contributed by atoms with Gasteiger partial charge in [-0.2, -0.15) is 15.0 Å². The lowest BCUT2D eigenvalue weighted by Gasteiger charge is -2.13. The van der Waals surface area contributed by atoms with Gasteiger partial charge in [0.2, 0.25) is 5.95 Å². The van der Waals surface area contributed by atoms with Gasteiger partial charge in [-0.3, -0.25) is 0 Å². The van der Waals surface area contributed by atoms with E-state index in [0.29, 0.717) is 5.16 Å². The van der Waals surface area contributed by atoms with E-state index in [1.165, 1.54) is 11.8 Å². The van der Waals surface area contributed by atoms with Gasteiger partial charge in [-0.15, -0.1) is 0 Å². The Balaban J connectivity index is 2.82. The average molecular weight is 258 g/mol. The summed E-state index contributed by atoms with van der Waals surface area (Å²) in [5, 5.41) is 9.85. The molecule has 0 aliphatic carbocycles. The molecule has 0 aromatic carbocycles. The Hall–Kier alpha value is -1.08. The van der Waals surface area contributed by atoms with E-state index in [2.05, 4.69) is 15.0 Å². The van der Waals surface area contributed by atoms with Crippen molar-refractivity contribution < 1.29 is 9.84 Å². The molecule has 0 bridgehead atoms. The topological polar surface area (TPSA) is 94.2 Å². The molecular formula is C10H18N4O2S. The molecule has 17 heavy (non-hydrogen) atoms. The highest BCUT2D eigenvalue weighted by Crippen LogP contribution is 2.23. The summed E-state index contributed by atoms with van der Waals surface area (Å²) in [5.41, 5.74) is 5.57. The summed E-state index contributed by atoms with van der Waals surface area (Å²) in [6.45, 7) is 7.36. The van der Waals surface area contributed by atoms with Gasteiger partial charge in [-0.05, 0) is 20.8 Å². The van der Waals surface area contributed by atoms with Crippen molar-refractivity contribution in [1.82, 2.24) is 15.0 Å². The molecule has 0 fully saturated rings. The number of hydrogen-bond donors (Lipinski definition) is 2. The van der Waals surface area contributed by atoms with Crippen LogP contribution in [0.25, 0.3) is 0 Å².